The predicted octanol–water partition coefficient (Wildman–Crippen LogP) is 6.08. The Balaban J connectivity index is 2.20. The van der Waals surface area contributed by atoms with E-state index in [9.17, 15) is 9.59 Å². The number of benzene rings is 2. The Morgan fingerprint density at radius 1 is 1.00 bits per heavy atom. The largest absolute Gasteiger partial charge is 0.484 e. The Hall–Kier alpha value is -2.24. The van der Waals surface area contributed by atoms with Gasteiger partial charge in [0, 0.05) is 13.1 Å². The molecule has 180 valence electrons. The second-order valence-electron chi connectivity index (χ2n) is 8.85. The molecule has 0 bridgehead atoms. The second kappa shape index (κ2) is 12.9. The topological polar surface area (TPSA) is 58.6 Å². The van der Waals surface area contributed by atoms with Crippen molar-refractivity contribution in [2.45, 2.75) is 59.5 Å². The van der Waals surface area contributed by atoms with Gasteiger partial charge >= 0.3 is 0 Å². The normalized spacial score (nSPS) is 12.0. The molecule has 0 unspecified atom stereocenters. The molecule has 7 heteroatoms. The average molecular weight is 493 g/mol. The van der Waals surface area contributed by atoms with Gasteiger partial charge in [-0.1, -0.05) is 76.0 Å². The van der Waals surface area contributed by atoms with Gasteiger partial charge in [0.15, 0.2) is 6.61 Å². The summed E-state index contributed by atoms with van der Waals surface area (Å²) in [6.07, 6.45) is 0.472. The molecule has 0 fully saturated rings. The quantitative estimate of drug-likeness (QED) is 0.413. The van der Waals surface area contributed by atoms with Crippen LogP contribution in [0.3, 0.4) is 0 Å². The summed E-state index contributed by atoms with van der Waals surface area (Å²) in [5.74, 6) is 0.876. The lowest BCUT2D eigenvalue weighted by molar-refractivity contribution is -0.143. The molecule has 0 radical (unpaired) electrons. The molecule has 33 heavy (non-hydrogen) atoms. The Morgan fingerprint density at radius 2 is 1.67 bits per heavy atom. The van der Waals surface area contributed by atoms with E-state index in [1.807, 2.05) is 45.0 Å². The van der Waals surface area contributed by atoms with Crippen LogP contribution in [0, 0.1) is 5.92 Å². The van der Waals surface area contributed by atoms with E-state index in [1.165, 1.54) is 5.56 Å². The van der Waals surface area contributed by atoms with Crippen LogP contribution in [0.1, 0.15) is 58.1 Å². The van der Waals surface area contributed by atoms with Crippen molar-refractivity contribution in [2.24, 2.45) is 5.92 Å². The highest BCUT2D eigenvalue weighted by atomic mass is 35.5. The third-order valence-corrected chi connectivity index (χ3v) is 6.06. The van der Waals surface area contributed by atoms with E-state index in [-0.39, 0.29) is 25.0 Å². The summed E-state index contributed by atoms with van der Waals surface area (Å²) in [4.78, 5) is 27.7. The zero-order valence-corrected chi connectivity index (χ0v) is 21.5. The summed E-state index contributed by atoms with van der Waals surface area (Å²) in [6, 6.07) is 12.3. The number of carbonyl (C=O) groups excluding carboxylic acids is 2. The minimum atomic E-state index is -0.627. The smallest absolute Gasteiger partial charge is 0.261 e. The highest BCUT2D eigenvalue weighted by Gasteiger charge is 2.29. The summed E-state index contributed by atoms with van der Waals surface area (Å²) in [5, 5.41) is 3.79. The fraction of sp³-hybridized carbons (Fsp3) is 0.462. The van der Waals surface area contributed by atoms with Crippen molar-refractivity contribution >= 4 is 35.0 Å². The van der Waals surface area contributed by atoms with Gasteiger partial charge in [-0.2, -0.15) is 0 Å². The maximum atomic E-state index is 13.3. The molecule has 0 aromatic heterocycles. The second-order valence-corrected chi connectivity index (χ2v) is 9.66. The first kappa shape index (κ1) is 27.0. The third kappa shape index (κ3) is 8.24. The third-order valence-electron chi connectivity index (χ3n) is 5.32. The molecule has 1 atom stereocenters. The first-order valence-electron chi connectivity index (χ1n) is 11.4. The number of rotatable bonds is 11. The fourth-order valence-electron chi connectivity index (χ4n) is 3.35. The van der Waals surface area contributed by atoms with Gasteiger partial charge in [0.25, 0.3) is 5.91 Å². The summed E-state index contributed by atoms with van der Waals surface area (Å²) >= 11 is 12.2. The van der Waals surface area contributed by atoms with Gasteiger partial charge < -0.3 is 15.0 Å². The molecular weight excluding hydrogens is 459 g/mol. The van der Waals surface area contributed by atoms with Gasteiger partial charge in [-0.05, 0) is 53.6 Å². The lowest BCUT2D eigenvalue weighted by Gasteiger charge is -2.31. The van der Waals surface area contributed by atoms with Crippen LogP contribution in [-0.2, 0) is 16.1 Å². The first-order valence-corrected chi connectivity index (χ1v) is 12.1. The summed E-state index contributed by atoms with van der Waals surface area (Å²) < 4.78 is 5.77. The van der Waals surface area contributed by atoms with Crippen molar-refractivity contribution in [3.05, 3.63) is 63.6 Å². The van der Waals surface area contributed by atoms with Gasteiger partial charge in [-0.3, -0.25) is 9.59 Å². The molecule has 0 heterocycles. The van der Waals surface area contributed by atoms with Gasteiger partial charge in [0.05, 0.1) is 10.0 Å². The minimum Gasteiger partial charge on any atom is -0.484 e. The maximum Gasteiger partial charge on any atom is 0.261 e. The van der Waals surface area contributed by atoms with Crippen LogP contribution < -0.4 is 10.1 Å². The van der Waals surface area contributed by atoms with Crippen LogP contribution >= 0.6 is 23.2 Å². The lowest BCUT2D eigenvalue weighted by Crippen LogP contribution is -2.50. The number of nitrogens with zero attached hydrogens (tertiary/aromatic N) is 1. The van der Waals surface area contributed by atoms with E-state index >= 15 is 0 Å². The maximum absolute atomic E-state index is 13.3. The molecule has 0 saturated carbocycles. The highest BCUT2D eigenvalue weighted by molar-refractivity contribution is 6.42. The number of hydrogen-bond donors (Lipinski definition) is 1. The lowest BCUT2D eigenvalue weighted by atomic mass is 10.0. The summed E-state index contributed by atoms with van der Waals surface area (Å²) in [7, 11) is 0. The molecule has 0 aliphatic heterocycles. The van der Waals surface area contributed by atoms with Gasteiger partial charge in [-0.25, -0.2) is 0 Å². The van der Waals surface area contributed by atoms with Gasteiger partial charge in [0.1, 0.15) is 11.8 Å². The minimum absolute atomic E-state index is 0.170. The van der Waals surface area contributed by atoms with E-state index < -0.39 is 6.04 Å². The Labute approximate surface area is 207 Å². The molecule has 2 rings (SSSR count). The van der Waals surface area contributed by atoms with E-state index in [4.69, 9.17) is 27.9 Å². The van der Waals surface area contributed by atoms with Crippen molar-refractivity contribution < 1.29 is 14.3 Å². The van der Waals surface area contributed by atoms with E-state index in [1.54, 1.807) is 23.1 Å². The number of carbonyl (C=O) groups is 2. The van der Waals surface area contributed by atoms with Crippen LogP contribution in [0.5, 0.6) is 5.75 Å². The number of halogens is 2. The van der Waals surface area contributed by atoms with Crippen molar-refractivity contribution in [1.82, 2.24) is 10.2 Å². The van der Waals surface area contributed by atoms with Crippen LogP contribution in [0.2, 0.25) is 10.0 Å². The van der Waals surface area contributed by atoms with Gasteiger partial charge in [0.2, 0.25) is 5.91 Å². The molecule has 0 spiro atoms. The first-order chi connectivity index (χ1) is 15.6. The standard InChI is InChI=1S/C26H34Cl2N2O3/c1-6-24(26(32)29-14-17(2)3)30(15-19-7-12-22(27)23(28)13-19)25(31)16-33-21-10-8-20(9-11-21)18(4)5/h7-13,17-18,24H,6,14-16H2,1-5H3,(H,29,32)/t24-/m0/s1. The molecule has 5 nitrogen and oxygen atoms in total. The highest BCUT2D eigenvalue weighted by Crippen LogP contribution is 2.24. The fourth-order valence-corrected chi connectivity index (χ4v) is 3.67. The number of nitrogens with one attached hydrogen (secondary N) is 1. The molecule has 0 saturated heterocycles. The predicted molar refractivity (Wildman–Crippen MR) is 135 cm³/mol. The zero-order chi connectivity index (χ0) is 24.5. The van der Waals surface area contributed by atoms with Gasteiger partial charge in [-0.15, -0.1) is 0 Å². The number of ether oxygens (including phenoxy) is 1. The van der Waals surface area contributed by atoms with Crippen LogP contribution in [0.25, 0.3) is 0 Å². The Bertz CT molecular complexity index is 930. The molecule has 2 amide bonds. The van der Waals surface area contributed by atoms with Crippen molar-refractivity contribution in [3.63, 3.8) is 0 Å². The van der Waals surface area contributed by atoms with E-state index in [0.717, 1.165) is 5.56 Å². The van der Waals surface area contributed by atoms with Crippen molar-refractivity contribution in [3.8, 4) is 5.75 Å². The van der Waals surface area contributed by atoms with Crippen LogP contribution in [0.15, 0.2) is 42.5 Å². The Morgan fingerprint density at radius 3 is 2.21 bits per heavy atom. The van der Waals surface area contributed by atoms with E-state index in [2.05, 4.69) is 19.2 Å². The molecule has 2 aromatic carbocycles. The zero-order valence-electron chi connectivity index (χ0n) is 20.0. The number of hydrogen-bond acceptors (Lipinski definition) is 3. The summed E-state index contributed by atoms with van der Waals surface area (Å²) in [6.45, 7) is 10.8. The summed E-state index contributed by atoms with van der Waals surface area (Å²) in [5.41, 5.74) is 1.98. The van der Waals surface area contributed by atoms with Crippen LogP contribution in [-0.4, -0.2) is 35.9 Å². The van der Waals surface area contributed by atoms with Crippen LogP contribution in [0.4, 0.5) is 0 Å². The van der Waals surface area contributed by atoms with Crippen molar-refractivity contribution in [2.75, 3.05) is 13.2 Å². The molecule has 0 aliphatic carbocycles. The monoisotopic (exact) mass is 492 g/mol. The molecular formula is C26H34Cl2N2O3. The van der Waals surface area contributed by atoms with Crippen molar-refractivity contribution in [1.29, 1.82) is 0 Å². The number of amides is 2. The molecule has 2 aromatic rings. The Kier molecular flexibility index (Phi) is 10.5. The molecule has 0 aliphatic rings. The average Bonchev–Trinajstić information content (AvgIpc) is 2.78. The van der Waals surface area contributed by atoms with E-state index in [0.29, 0.717) is 40.6 Å². The molecule has 1 N–H and O–H groups in total. The SMILES string of the molecule is CC[C@@H](C(=O)NCC(C)C)N(Cc1ccc(Cl)c(Cl)c1)C(=O)COc1ccc(C(C)C)cc1.